The smallest absolute Gasteiger partial charge is 0.334 e. The highest BCUT2D eigenvalue weighted by atomic mass is 19.4. The molecule has 1 aliphatic rings. The van der Waals surface area contributed by atoms with Crippen LogP contribution in [-0.4, -0.2) is 25.2 Å². The summed E-state index contributed by atoms with van der Waals surface area (Å²) in [5.41, 5.74) is -0.407. The average Bonchev–Trinajstić information content (AvgIpc) is 2.81. The van der Waals surface area contributed by atoms with E-state index in [2.05, 4.69) is 16.0 Å². The van der Waals surface area contributed by atoms with Crippen LogP contribution in [0.1, 0.15) is 12.0 Å². The second kappa shape index (κ2) is 5.48. The standard InChI is InChI=1S/C12H14F3N3O/c13-12(14,15)8-1-3-9(4-2-8)17-11(19)18-10-5-6-16-7-10/h1-4,10,16H,5-7H2,(H2,17,18,19)/t10-/m0/s1. The number of urea groups is 1. The van der Waals surface area contributed by atoms with E-state index in [1.165, 1.54) is 12.1 Å². The molecule has 2 rings (SSSR count). The highest BCUT2D eigenvalue weighted by Crippen LogP contribution is 2.29. The maximum atomic E-state index is 12.3. The lowest BCUT2D eigenvalue weighted by molar-refractivity contribution is -0.137. The SMILES string of the molecule is O=C(Nc1ccc(C(F)(F)F)cc1)N[C@H]1CCNC1. The molecule has 19 heavy (non-hydrogen) atoms. The predicted molar refractivity (Wildman–Crippen MR) is 64.9 cm³/mol. The van der Waals surface area contributed by atoms with Gasteiger partial charge in [-0.2, -0.15) is 13.2 Å². The van der Waals surface area contributed by atoms with E-state index in [0.29, 0.717) is 12.2 Å². The number of carbonyl (C=O) groups is 1. The number of anilines is 1. The van der Waals surface area contributed by atoms with Crippen molar-refractivity contribution >= 4 is 11.7 Å². The molecule has 1 fully saturated rings. The van der Waals surface area contributed by atoms with Gasteiger partial charge < -0.3 is 16.0 Å². The Morgan fingerprint density at radius 3 is 2.47 bits per heavy atom. The Bertz CT molecular complexity index is 439. The molecule has 0 radical (unpaired) electrons. The average molecular weight is 273 g/mol. The number of nitrogens with one attached hydrogen (secondary N) is 3. The summed E-state index contributed by atoms with van der Waals surface area (Å²) >= 11 is 0. The van der Waals surface area contributed by atoms with Crippen molar-refractivity contribution in [2.24, 2.45) is 0 Å². The van der Waals surface area contributed by atoms with Gasteiger partial charge in [0.05, 0.1) is 5.56 Å². The predicted octanol–water partition coefficient (Wildman–Crippen LogP) is 2.19. The van der Waals surface area contributed by atoms with E-state index in [9.17, 15) is 18.0 Å². The van der Waals surface area contributed by atoms with Crippen LogP contribution in [0.4, 0.5) is 23.7 Å². The van der Waals surface area contributed by atoms with Crippen LogP contribution in [-0.2, 0) is 6.18 Å². The molecule has 1 aromatic rings. The Balaban J connectivity index is 1.90. The van der Waals surface area contributed by atoms with Gasteiger partial charge in [-0.3, -0.25) is 0 Å². The zero-order valence-corrected chi connectivity index (χ0v) is 10.1. The number of carbonyl (C=O) groups excluding carboxylic acids is 1. The number of halogens is 3. The summed E-state index contributed by atoms with van der Waals surface area (Å²) < 4.78 is 37.0. The first-order chi connectivity index (χ1) is 8.95. The van der Waals surface area contributed by atoms with Crippen molar-refractivity contribution < 1.29 is 18.0 Å². The molecule has 7 heteroatoms. The molecule has 1 atom stereocenters. The summed E-state index contributed by atoms with van der Waals surface area (Å²) in [6.45, 7) is 1.56. The van der Waals surface area contributed by atoms with E-state index in [4.69, 9.17) is 0 Å². The van der Waals surface area contributed by atoms with Crippen LogP contribution in [0.5, 0.6) is 0 Å². The molecule has 0 aromatic heterocycles. The van der Waals surface area contributed by atoms with Gasteiger partial charge in [0.2, 0.25) is 0 Å². The Morgan fingerprint density at radius 2 is 1.95 bits per heavy atom. The minimum Gasteiger partial charge on any atom is -0.334 e. The number of rotatable bonds is 2. The zero-order valence-electron chi connectivity index (χ0n) is 10.1. The van der Waals surface area contributed by atoms with Gasteiger partial charge in [-0.1, -0.05) is 0 Å². The maximum absolute atomic E-state index is 12.3. The number of hydrogen-bond acceptors (Lipinski definition) is 2. The molecule has 1 aromatic carbocycles. The monoisotopic (exact) mass is 273 g/mol. The van der Waals surface area contributed by atoms with Crippen LogP contribution < -0.4 is 16.0 Å². The lowest BCUT2D eigenvalue weighted by Gasteiger charge is -2.13. The van der Waals surface area contributed by atoms with Gasteiger partial charge in [-0.05, 0) is 37.2 Å². The first kappa shape index (κ1) is 13.7. The van der Waals surface area contributed by atoms with Gasteiger partial charge in [0.25, 0.3) is 0 Å². The molecule has 1 aliphatic heterocycles. The van der Waals surface area contributed by atoms with Crippen molar-refractivity contribution in [1.82, 2.24) is 10.6 Å². The quantitative estimate of drug-likeness (QED) is 0.773. The molecular weight excluding hydrogens is 259 g/mol. The van der Waals surface area contributed by atoms with Crippen molar-refractivity contribution in [3.63, 3.8) is 0 Å². The fourth-order valence-electron chi connectivity index (χ4n) is 1.87. The Hall–Kier alpha value is -1.76. The fraction of sp³-hybridized carbons (Fsp3) is 0.417. The second-order valence-corrected chi connectivity index (χ2v) is 4.36. The first-order valence-electron chi connectivity index (χ1n) is 5.90. The van der Waals surface area contributed by atoms with Crippen molar-refractivity contribution in [3.8, 4) is 0 Å². The molecule has 104 valence electrons. The molecular formula is C12H14F3N3O. The van der Waals surface area contributed by atoms with E-state index < -0.39 is 17.8 Å². The zero-order chi connectivity index (χ0) is 13.9. The van der Waals surface area contributed by atoms with E-state index >= 15 is 0 Å². The summed E-state index contributed by atoms with van der Waals surface area (Å²) in [6.07, 6.45) is -3.52. The van der Waals surface area contributed by atoms with Gasteiger partial charge >= 0.3 is 12.2 Å². The summed E-state index contributed by atoms with van der Waals surface area (Å²) in [7, 11) is 0. The lowest BCUT2D eigenvalue weighted by Crippen LogP contribution is -2.39. The lowest BCUT2D eigenvalue weighted by atomic mass is 10.2. The van der Waals surface area contributed by atoms with Gasteiger partial charge in [0, 0.05) is 18.3 Å². The van der Waals surface area contributed by atoms with Crippen LogP contribution in [0.15, 0.2) is 24.3 Å². The maximum Gasteiger partial charge on any atom is 0.416 e. The Labute approximate surface area is 108 Å². The fourth-order valence-corrected chi connectivity index (χ4v) is 1.87. The molecule has 1 saturated heterocycles. The van der Waals surface area contributed by atoms with Crippen LogP contribution in [0.3, 0.4) is 0 Å². The number of hydrogen-bond donors (Lipinski definition) is 3. The van der Waals surface area contributed by atoms with Crippen LogP contribution in [0.25, 0.3) is 0 Å². The minimum absolute atomic E-state index is 0.0643. The number of amides is 2. The van der Waals surface area contributed by atoms with E-state index in [-0.39, 0.29) is 6.04 Å². The van der Waals surface area contributed by atoms with Crippen molar-refractivity contribution in [3.05, 3.63) is 29.8 Å². The highest BCUT2D eigenvalue weighted by Gasteiger charge is 2.30. The van der Waals surface area contributed by atoms with Crippen LogP contribution >= 0.6 is 0 Å². The third-order valence-corrected chi connectivity index (χ3v) is 2.87. The molecule has 0 aliphatic carbocycles. The normalized spacial score (nSPS) is 19.2. The van der Waals surface area contributed by atoms with Crippen molar-refractivity contribution in [1.29, 1.82) is 0 Å². The number of benzene rings is 1. The van der Waals surface area contributed by atoms with Gasteiger partial charge in [-0.15, -0.1) is 0 Å². The summed E-state index contributed by atoms with van der Waals surface area (Å²) in [4.78, 5) is 11.6. The molecule has 2 amide bonds. The molecule has 3 N–H and O–H groups in total. The van der Waals surface area contributed by atoms with Crippen molar-refractivity contribution in [2.75, 3.05) is 18.4 Å². The molecule has 0 bridgehead atoms. The third-order valence-electron chi connectivity index (χ3n) is 2.87. The minimum atomic E-state index is -4.36. The van der Waals surface area contributed by atoms with E-state index in [0.717, 1.165) is 25.1 Å². The highest BCUT2D eigenvalue weighted by molar-refractivity contribution is 5.89. The van der Waals surface area contributed by atoms with Gasteiger partial charge in [0.15, 0.2) is 0 Å². The van der Waals surface area contributed by atoms with E-state index in [1.54, 1.807) is 0 Å². The van der Waals surface area contributed by atoms with E-state index in [1.807, 2.05) is 0 Å². The summed E-state index contributed by atoms with van der Waals surface area (Å²) in [5, 5.41) is 8.34. The second-order valence-electron chi connectivity index (χ2n) is 4.36. The van der Waals surface area contributed by atoms with Crippen molar-refractivity contribution in [2.45, 2.75) is 18.6 Å². The molecule has 0 unspecified atom stereocenters. The third kappa shape index (κ3) is 3.85. The van der Waals surface area contributed by atoms with Crippen LogP contribution in [0, 0.1) is 0 Å². The molecule has 1 heterocycles. The van der Waals surface area contributed by atoms with Gasteiger partial charge in [-0.25, -0.2) is 4.79 Å². The van der Waals surface area contributed by atoms with Crippen LogP contribution in [0.2, 0.25) is 0 Å². The molecule has 4 nitrogen and oxygen atoms in total. The summed E-state index contributed by atoms with van der Waals surface area (Å²) in [6, 6.07) is 3.99. The Morgan fingerprint density at radius 1 is 1.26 bits per heavy atom. The van der Waals surface area contributed by atoms with Gasteiger partial charge in [0.1, 0.15) is 0 Å². The first-order valence-corrected chi connectivity index (χ1v) is 5.90. The largest absolute Gasteiger partial charge is 0.416 e. The number of alkyl halides is 3. The Kier molecular flexibility index (Phi) is 3.94. The summed E-state index contributed by atoms with van der Waals surface area (Å²) in [5.74, 6) is 0. The molecule has 0 saturated carbocycles. The topological polar surface area (TPSA) is 53.2 Å². The molecule has 0 spiro atoms.